The van der Waals surface area contributed by atoms with Crippen LogP contribution in [0, 0.1) is 0 Å². The van der Waals surface area contributed by atoms with Gasteiger partial charge < -0.3 is 10.2 Å². The first-order valence-electron chi connectivity index (χ1n) is 1.59. The largest absolute Gasteiger partial charge is 0.341 e. The second-order valence-corrected chi connectivity index (χ2v) is 0.777. The lowest BCUT2D eigenvalue weighted by Gasteiger charge is -2.00. The van der Waals surface area contributed by atoms with Crippen molar-refractivity contribution in [2.24, 2.45) is 0 Å². The van der Waals surface area contributed by atoms with E-state index >= 15 is 0 Å². The third-order valence-corrected chi connectivity index (χ3v) is 0.214. The number of alkyl halides is 2. The molecule has 0 aromatic carbocycles. The molecule has 2 unspecified atom stereocenters. The van der Waals surface area contributed by atoms with Gasteiger partial charge in [0.05, 0.1) is 0 Å². The van der Waals surface area contributed by atoms with Crippen molar-refractivity contribution in [3.63, 3.8) is 0 Å². The van der Waals surface area contributed by atoms with Gasteiger partial charge in [-0.05, 0) is 0 Å². The Morgan fingerprint density at radius 2 is 1.25 bits per heavy atom. The molecule has 0 amide bonds. The number of halogens is 2. The van der Waals surface area contributed by atoms with Crippen LogP contribution in [0.3, 0.4) is 0 Å². The summed E-state index contributed by atoms with van der Waals surface area (Å²) in [4.78, 5) is 6.13. The summed E-state index contributed by atoms with van der Waals surface area (Å²) in [7, 11) is 0. The molecule has 6 heteroatoms. The third kappa shape index (κ3) is 5.70. The average molecular weight is 130 g/mol. The smallest absolute Gasteiger partial charge is 0.335 e. The van der Waals surface area contributed by atoms with Crippen molar-refractivity contribution in [3.05, 3.63) is 0 Å². The van der Waals surface area contributed by atoms with Gasteiger partial charge in [-0.3, -0.25) is 0 Å². The van der Waals surface area contributed by atoms with Crippen LogP contribution >= 0.6 is 0 Å². The first-order valence-corrected chi connectivity index (χ1v) is 1.59. The van der Waals surface area contributed by atoms with Crippen LogP contribution in [-0.2, 0) is 9.78 Å². The molecular weight excluding hydrogens is 126 g/mol. The quantitative estimate of drug-likeness (QED) is 0.305. The lowest BCUT2D eigenvalue weighted by molar-refractivity contribution is -0.471. The van der Waals surface area contributed by atoms with Gasteiger partial charge in [-0.2, -0.15) is 18.6 Å². The summed E-state index contributed by atoms with van der Waals surface area (Å²) in [5, 5.41) is 15.0. The Balaban J connectivity index is 2.93. The zero-order valence-electron chi connectivity index (χ0n) is 3.62. The maximum atomic E-state index is 11.0. The van der Waals surface area contributed by atoms with Crippen molar-refractivity contribution < 1.29 is 28.8 Å². The van der Waals surface area contributed by atoms with Crippen molar-refractivity contribution in [1.82, 2.24) is 0 Å². The van der Waals surface area contributed by atoms with Gasteiger partial charge in [0.15, 0.2) is 0 Å². The van der Waals surface area contributed by atoms with E-state index < -0.39 is 13.1 Å². The van der Waals surface area contributed by atoms with E-state index in [-0.39, 0.29) is 0 Å². The van der Waals surface area contributed by atoms with Gasteiger partial charge in [0.1, 0.15) is 0 Å². The fraction of sp³-hybridized carbons (Fsp3) is 1.00. The molecule has 0 spiro atoms. The lowest BCUT2D eigenvalue weighted by atomic mass is 11.4. The molecule has 0 saturated heterocycles. The maximum absolute atomic E-state index is 11.0. The molecule has 0 aliphatic rings. The van der Waals surface area contributed by atoms with Crippen molar-refractivity contribution in [3.8, 4) is 0 Å². The summed E-state index contributed by atoms with van der Waals surface area (Å²) in [6.07, 6.45) is 0. The molecule has 4 nitrogen and oxygen atoms in total. The molecule has 2 atom stereocenters. The van der Waals surface area contributed by atoms with Crippen LogP contribution in [0.4, 0.5) is 8.78 Å². The van der Waals surface area contributed by atoms with Crippen LogP contribution in [-0.4, -0.2) is 23.3 Å². The first kappa shape index (κ1) is 7.70. The molecule has 0 radical (unpaired) electrons. The third-order valence-electron chi connectivity index (χ3n) is 0.214. The summed E-state index contributed by atoms with van der Waals surface area (Å²) in [6.45, 7) is -5.47. The van der Waals surface area contributed by atoms with Crippen LogP contribution in [0.15, 0.2) is 0 Å². The van der Waals surface area contributed by atoms with Crippen LogP contribution in [0.1, 0.15) is 0 Å². The summed E-state index contributed by atoms with van der Waals surface area (Å²) in [6, 6.07) is 0. The van der Waals surface area contributed by atoms with Crippen molar-refractivity contribution in [2.75, 3.05) is 0 Å². The number of aliphatic hydroxyl groups is 2. The van der Waals surface area contributed by atoms with E-state index in [2.05, 4.69) is 9.78 Å². The maximum Gasteiger partial charge on any atom is 0.335 e. The molecule has 0 heterocycles. The Morgan fingerprint density at radius 1 is 1.00 bits per heavy atom. The zero-order chi connectivity index (χ0) is 6.57. The number of hydrogen-bond acceptors (Lipinski definition) is 4. The Hall–Kier alpha value is -0.300. The van der Waals surface area contributed by atoms with Crippen molar-refractivity contribution in [2.45, 2.75) is 13.1 Å². The minimum atomic E-state index is -2.74. The van der Waals surface area contributed by atoms with Crippen LogP contribution in [0.2, 0.25) is 0 Å². The highest BCUT2D eigenvalue weighted by Crippen LogP contribution is 1.93. The zero-order valence-corrected chi connectivity index (χ0v) is 3.62. The summed E-state index contributed by atoms with van der Waals surface area (Å²) < 4.78 is 22.0. The molecule has 50 valence electrons. The highest BCUT2D eigenvalue weighted by atomic mass is 19.2. The molecular formula is C2H4F2O4. The van der Waals surface area contributed by atoms with E-state index in [0.29, 0.717) is 0 Å². The molecule has 0 aromatic heterocycles. The molecule has 0 rings (SSSR count). The Morgan fingerprint density at radius 3 is 1.38 bits per heavy atom. The molecule has 0 saturated carbocycles. The summed E-state index contributed by atoms with van der Waals surface area (Å²) in [5.41, 5.74) is 0. The monoisotopic (exact) mass is 130 g/mol. The molecule has 0 fully saturated rings. The molecule has 0 aliphatic heterocycles. The van der Waals surface area contributed by atoms with E-state index in [0.717, 1.165) is 0 Å². The molecule has 0 bridgehead atoms. The number of aliphatic hydroxyl groups excluding tert-OH is 2. The highest BCUT2D eigenvalue weighted by Gasteiger charge is 2.04. The fourth-order valence-electron chi connectivity index (χ4n) is 0.0917. The normalized spacial score (nSPS) is 18.0. The predicted octanol–water partition coefficient (Wildman–Crippen LogP) is -0.575. The fourth-order valence-corrected chi connectivity index (χ4v) is 0.0917. The van der Waals surface area contributed by atoms with Crippen molar-refractivity contribution in [1.29, 1.82) is 0 Å². The van der Waals surface area contributed by atoms with Gasteiger partial charge >= 0.3 is 13.1 Å². The van der Waals surface area contributed by atoms with E-state index in [1.165, 1.54) is 0 Å². The molecule has 0 aliphatic carbocycles. The second-order valence-electron chi connectivity index (χ2n) is 0.777. The molecule has 0 aromatic rings. The second kappa shape index (κ2) is 3.67. The standard InChI is InChI=1S/C2H4F2O4/c3-1(5)7-8-2(4)6/h1-2,5-6H. The predicted molar refractivity (Wildman–Crippen MR) is 16.4 cm³/mol. The highest BCUT2D eigenvalue weighted by molar-refractivity contribution is 3.95. The van der Waals surface area contributed by atoms with Crippen LogP contribution in [0.5, 0.6) is 0 Å². The number of rotatable bonds is 3. The Bertz CT molecular complexity index is 48.0. The Kier molecular flexibility index (Phi) is 3.53. The first-order chi connectivity index (χ1) is 3.63. The van der Waals surface area contributed by atoms with Gasteiger partial charge in [0.2, 0.25) is 0 Å². The van der Waals surface area contributed by atoms with E-state index in [9.17, 15) is 8.78 Å². The summed E-state index contributed by atoms with van der Waals surface area (Å²) in [5.74, 6) is 0. The van der Waals surface area contributed by atoms with E-state index in [1.54, 1.807) is 0 Å². The van der Waals surface area contributed by atoms with Gasteiger partial charge in [-0.15, -0.1) is 0 Å². The lowest BCUT2D eigenvalue weighted by Crippen LogP contribution is -2.11. The average Bonchev–Trinajstić information content (AvgIpc) is 1.61. The van der Waals surface area contributed by atoms with Crippen LogP contribution in [0.25, 0.3) is 0 Å². The van der Waals surface area contributed by atoms with Gasteiger partial charge in [-0.25, -0.2) is 0 Å². The SMILES string of the molecule is OC(F)OOC(O)F. The van der Waals surface area contributed by atoms with Gasteiger partial charge in [-0.1, -0.05) is 0 Å². The minimum Gasteiger partial charge on any atom is -0.341 e. The van der Waals surface area contributed by atoms with E-state index in [1.807, 2.05) is 0 Å². The topological polar surface area (TPSA) is 58.9 Å². The minimum absolute atomic E-state index is 2.74. The molecule has 2 N–H and O–H groups in total. The number of hydrogen-bond donors (Lipinski definition) is 2. The Labute approximate surface area is 43.2 Å². The van der Waals surface area contributed by atoms with Crippen LogP contribution < -0.4 is 0 Å². The molecule has 8 heavy (non-hydrogen) atoms. The van der Waals surface area contributed by atoms with Gasteiger partial charge in [0, 0.05) is 0 Å². The van der Waals surface area contributed by atoms with Crippen molar-refractivity contribution >= 4 is 0 Å². The summed E-state index contributed by atoms with van der Waals surface area (Å²) >= 11 is 0. The van der Waals surface area contributed by atoms with E-state index in [4.69, 9.17) is 10.2 Å². The van der Waals surface area contributed by atoms with Gasteiger partial charge in [0.25, 0.3) is 0 Å².